The van der Waals surface area contributed by atoms with Crippen molar-refractivity contribution in [1.82, 2.24) is 0 Å². The molecule has 1 aliphatic rings. The molecule has 1 aromatic carbocycles. The van der Waals surface area contributed by atoms with Gasteiger partial charge in [0, 0.05) is 0 Å². The summed E-state index contributed by atoms with van der Waals surface area (Å²) in [6.07, 6.45) is 0. The summed E-state index contributed by atoms with van der Waals surface area (Å²) in [5.41, 5.74) is -20.2. The quantitative estimate of drug-likeness (QED) is 0.627. The molecule has 0 radical (unpaired) electrons. The van der Waals surface area contributed by atoms with Crippen molar-refractivity contribution in [3.63, 3.8) is 0 Å². The van der Waals surface area contributed by atoms with Gasteiger partial charge in [-0.25, -0.2) is 0 Å². The summed E-state index contributed by atoms with van der Waals surface area (Å²) in [5.74, 6) is -0.333. The van der Waals surface area contributed by atoms with E-state index in [0.29, 0.717) is 0 Å². The van der Waals surface area contributed by atoms with E-state index in [-0.39, 0.29) is 5.75 Å². The van der Waals surface area contributed by atoms with Crippen molar-refractivity contribution in [2.75, 3.05) is 0 Å². The lowest BCUT2D eigenvalue weighted by Gasteiger charge is -2.54. The fourth-order valence-electron chi connectivity index (χ4n) is 4.08. The van der Waals surface area contributed by atoms with Crippen LogP contribution in [0.1, 0.15) is 0 Å². The maximum atomic E-state index is 11.0. The van der Waals surface area contributed by atoms with E-state index in [1.165, 1.54) is 78.9 Å². The molecule has 2 rings (SSSR count). The van der Waals surface area contributed by atoms with Crippen molar-refractivity contribution >= 4 is 0 Å². The number of aliphatic hydroxyl groups is 1. The lowest BCUT2D eigenvalue weighted by atomic mass is 9.39. The van der Waals surface area contributed by atoms with Gasteiger partial charge in [0.1, 0.15) is 24.0 Å². The van der Waals surface area contributed by atoms with E-state index >= 15 is 0 Å². The zero-order valence-electron chi connectivity index (χ0n) is 17.2. The summed E-state index contributed by atoms with van der Waals surface area (Å²) in [4.78, 5) is 0. The van der Waals surface area contributed by atoms with Gasteiger partial charge in [0.25, 0.3) is 11.2 Å². The van der Waals surface area contributed by atoms with Crippen molar-refractivity contribution < 1.29 is 9.84 Å². The fraction of sp³-hybridized carbons (Fsp3) is 0.217. The van der Waals surface area contributed by atoms with Gasteiger partial charge in [0.2, 0.25) is 10.8 Å². The highest BCUT2D eigenvalue weighted by Crippen LogP contribution is 2.67. The van der Waals surface area contributed by atoms with Crippen LogP contribution < -0.4 is 4.74 Å². The van der Waals surface area contributed by atoms with Crippen LogP contribution >= 0.6 is 0 Å². The molecule has 0 aliphatic heterocycles. The first-order valence-corrected chi connectivity index (χ1v) is 9.03. The summed E-state index contributed by atoms with van der Waals surface area (Å²) in [6, 6.07) is 19.3. The third-order valence-electron chi connectivity index (χ3n) is 5.72. The lowest BCUT2D eigenvalue weighted by molar-refractivity contribution is -0.0936. The van der Waals surface area contributed by atoms with E-state index in [9.17, 15) is 57.7 Å². The highest BCUT2D eigenvalue weighted by atomic mass is 16.5. The number of nitrogens with zero attached hydrogens (tertiary/aromatic N) is 10. The minimum atomic E-state index is -3.72. The molecule has 35 heavy (non-hydrogen) atoms. The van der Waals surface area contributed by atoms with Crippen LogP contribution in [0.2, 0.25) is 0 Å². The van der Waals surface area contributed by atoms with Crippen molar-refractivity contribution in [3.05, 3.63) is 41.5 Å². The van der Waals surface area contributed by atoms with Gasteiger partial charge in [-0.15, -0.1) is 0 Å². The first-order valence-electron chi connectivity index (χ1n) is 9.03. The molecule has 1 N–H and O–H groups in total. The van der Waals surface area contributed by atoms with Gasteiger partial charge in [-0.2, -0.15) is 52.6 Å². The van der Waals surface area contributed by atoms with Crippen LogP contribution in [-0.2, 0) is 0 Å². The van der Waals surface area contributed by atoms with Gasteiger partial charge in [-0.3, -0.25) is 0 Å². The number of benzene rings is 1. The Morgan fingerprint density at radius 2 is 1.17 bits per heavy atom. The zero-order valence-corrected chi connectivity index (χ0v) is 17.2. The number of hydrogen-bond donors (Lipinski definition) is 1. The molecular formula is C23H6N10O2. The Kier molecular flexibility index (Phi) is 5.89. The highest BCUT2D eigenvalue weighted by Gasteiger charge is 2.87. The van der Waals surface area contributed by atoms with Crippen molar-refractivity contribution in [2.24, 2.45) is 16.2 Å². The average Bonchev–Trinajstić information content (AvgIpc) is 2.91. The second-order valence-corrected chi connectivity index (χ2v) is 6.92. The molecule has 160 valence electrons. The van der Waals surface area contributed by atoms with Gasteiger partial charge in [-0.05, 0) is 12.1 Å². The summed E-state index contributed by atoms with van der Waals surface area (Å²) in [6.45, 7) is 0. The minimum Gasteiger partial charge on any atom is -0.466 e. The Morgan fingerprint density at radius 3 is 1.51 bits per heavy atom. The average molecular weight is 454 g/mol. The van der Waals surface area contributed by atoms with Crippen molar-refractivity contribution in [2.45, 2.75) is 11.2 Å². The first-order chi connectivity index (χ1) is 16.7. The Hall–Kier alpha value is -6.38. The number of nitriles is 10. The van der Waals surface area contributed by atoms with Gasteiger partial charge in [-0.1, -0.05) is 18.2 Å². The second kappa shape index (κ2) is 8.28. The Morgan fingerprint density at radius 1 is 0.657 bits per heavy atom. The predicted molar refractivity (Wildman–Crippen MR) is 105 cm³/mol. The third kappa shape index (κ3) is 2.42. The predicted octanol–water partition coefficient (Wildman–Crippen LogP) is 1.04. The van der Waals surface area contributed by atoms with Gasteiger partial charge in [0.15, 0.2) is 5.41 Å². The number of rotatable bonds is 3. The molecule has 0 saturated carbocycles. The molecular weight excluding hydrogens is 448 g/mol. The molecule has 0 aromatic heterocycles. The fourth-order valence-corrected chi connectivity index (χ4v) is 4.08. The second-order valence-electron chi connectivity index (χ2n) is 6.92. The molecule has 0 amide bonds. The molecule has 1 aromatic rings. The number of hydrogen-bond acceptors (Lipinski definition) is 12. The first kappa shape index (κ1) is 24.9. The van der Waals surface area contributed by atoms with E-state index < -0.39 is 38.6 Å². The zero-order chi connectivity index (χ0) is 26.5. The largest absolute Gasteiger partial charge is 0.466 e. The van der Waals surface area contributed by atoms with Crippen LogP contribution in [0.15, 0.2) is 41.5 Å². The Bertz CT molecular complexity index is 1530. The third-order valence-corrected chi connectivity index (χ3v) is 5.72. The summed E-state index contributed by atoms with van der Waals surface area (Å²) in [5, 5.41) is 111. The summed E-state index contributed by atoms with van der Waals surface area (Å²) < 4.78 is 5.63. The minimum absolute atomic E-state index is 0.333. The molecule has 0 fully saturated rings. The van der Waals surface area contributed by atoms with Crippen LogP contribution in [0.5, 0.6) is 5.75 Å². The standard InChI is InChI=1S/C23H6N10O2/c24-6-17-18(7-25)22(14-32,21(34,12-30)13-31)20(10-28,11-29)23(15-33,19(17,8-26)9-27)35-16-4-2-1-3-5-16/h1-5,34H. The molecule has 12 nitrogen and oxygen atoms in total. The van der Waals surface area contributed by atoms with Crippen molar-refractivity contribution in [3.8, 4) is 66.4 Å². The highest BCUT2D eigenvalue weighted by molar-refractivity contribution is 5.70. The number of para-hydroxylation sites is 1. The maximum absolute atomic E-state index is 11.0. The van der Waals surface area contributed by atoms with Crippen LogP contribution in [-0.4, -0.2) is 16.3 Å². The molecule has 2 atom stereocenters. The van der Waals surface area contributed by atoms with Crippen LogP contribution in [0.3, 0.4) is 0 Å². The van der Waals surface area contributed by atoms with Crippen molar-refractivity contribution in [1.29, 1.82) is 52.6 Å². The SMILES string of the molecule is N#CC1=C(C#N)C(C#N)(C(O)(C#N)C#N)C(C#N)(C#N)C(C#N)(Oc2ccccc2)C1(C#N)C#N. The van der Waals surface area contributed by atoms with Crippen LogP contribution in [0.4, 0.5) is 0 Å². The summed E-state index contributed by atoms with van der Waals surface area (Å²) in [7, 11) is 0. The molecule has 0 saturated heterocycles. The van der Waals surface area contributed by atoms with E-state index in [1.54, 1.807) is 0 Å². The summed E-state index contributed by atoms with van der Waals surface area (Å²) >= 11 is 0. The van der Waals surface area contributed by atoms with E-state index in [0.717, 1.165) is 12.1 Å². The van der Waals surface area contributed by atoms with E-state index in [1.807, 2.05) is 0 Å². The van der Waals surface area contributed by atoms with E-state index in [2.05, 4.69) is 0 Å². The molecule has 12 heteroatoms. The van der Waals surface area contributed by atoms with Gasteiger partial charge < -0.3 is 9.84 Å². The monoisotopic (exact) mass is 454 g/mol. The number of ether oxygens (including phenoxy) is 1. The lowest BCUT2D eigenvalue weighted by Crippen LogP contribution is -2.74. The molecule has 1 aliphatic carbocycles. The Labute approximate surface area is 198 Å². The van der Waals surface area contributed by atoms with Crippen LogP contribution in [0.25, 0.3) is 0 Å². The molecule has 0 bridgehead atoms. The van der Waals surface area contributed by atoms with Gasteiger partial charge >= 0.3 is 0 Å². The topological polar surface area (TPSA) is 267 Å². The molecule has 0 spiro atoms. The maximum Gasteiger partial charge on any atom is 0.265 e. The smallest absolute Gasteiger partial charge is 0.265 e. The Balaban J connectivity index is 3.54. The molecule has 0 heterocycles. The normalized spacial score (nSPS) is 23.3. The van der Waals surface area contributed by atoms with Gasteiger partial charge in [0.05, 0.1) is 53.6 Å². The van der Waals surface area contributed by atoms with Crippen LogP contribution in [0, 0.1) is 130 Å². The van der Waals surface area contributed by atoms with E-state index in [4.69, 9.17) is 4.74 Å². The molecule has 2 unspecified atom stereocenters.